The molecule has 6 nitrogen and oxygen atoms in total. The van der Waals surface area contributed by atoms with Crippen LogP contribution in [-0.4, -0.2) is 36.9 Å². The van der Waals surface area contributed by atoms with Crippen molar-refractivity contribution in [1.82, 2.24) is 4.90 Å². The lowest BCUT2D eigenvalue weighted by molar-refractivity contribution is -0.119. The van der Waals surface area contributed by atoms with E-state index in [9.17, 15) is 14.9 Å². The molecule has 0 unspecified atom stereocenters. The predicted octanol–water partition coefficient (Wildman–Crippen LogP) is 4.01. The quantitative estimate of drug-likeness (QED) is 0.686. The van der Waals surface area contributed by atoms with Gasteiger partial charge in [0.2, 0.25) is 11.8 Å². The van der Waals surface area contributed by atoms with E-state index < -0.39 is 0 Å². The maximum atomic E-state index is 12.5. The van der Waals surface area contributed by atoms with Gasteiger partial charge in [0.15, 0.2) is 0 Å². The van der Waals surface area contributed by atoms with Gasteiger partial charge in [-0.15, -0.1) is 11.3 Å². The van der Waals surface area contributed by atoms with Gasteiger partial charge in [-0.1, -0.05) is 18.6 Å². The molecule has 1 aliphatic rings. The van der Waals surface area contributed by atoms with Gasteiger partial charge in [-0.25, -0.2) is 0 Å². The van der Waals surface area contributed by atoms with Gasteiger partial charge in [0.05, 0.1) is 18.7 Å². The predicted molar refractivity (Wildman–Crippen MR) is 121 cm³/mol. The molecule has 2 aromatic rings. The normalized spacial score (nSPS) is 13.3. The molecule has 0 atom stereocenters. The molecule has 0 spiro atoms. The third-order valence-corrected chi connectivity index (χ3v) is 6.70. The molecule has 0 aliphatic heterocycles. The van der Waals surface area contributed by atoms with Crippen molar-refractivity contribution in [3.8, 4) is 6.07 Å². The molecule has 1 aromatic carbocycles. The summed E-state index contributed by atoms with van der Waals surface area (Å²) in [5.41, 5.74) is 4.66. The van der Waals surface area contributed by atoms with Crippen LogP contribution in [0, 0.1) is 25.2 Å². The average molecular weight is 425 g/mol. The molecular formula is C23H28N4O2S. The van der Waals surface area contributed by atoms with Crippen molar-refractivity contribution < 1.29 is 9.59 Å². The summed E-state index contributed by atoms with van der Waals surface area (Å²) in [5.74, 6) is -0.385. The van der Waals surface area contributed by atoms with Gasteiger partial charge in [-0.3, -0.25) is 14.5 Å². The van der Waals surface area contributed by atoms with Gasteiger partial charge in [-0.05, 0) is 69.3 Å². The molecule has 1 heterocycles. The zero-order valence-electron chi connectivity index (χ0n) is 17.8. The smallest absolute Gasteiger partial charge is 0.239 e. The molecule has 158 valence electrons. The zero-order chi connectivity index (χ0) is 21.7. The van der Waals surface area contributed by atoms with E-state index in [0.29, 0.717) is 10.6 Å². The number of rotatable bonds is 6. The molecule has 1 aromatic heterocycles. The van der Waals surface area contributed by atoms with Crippen molar-refractivity contribution >= 4 is 33.8 Å². The number of amides is 2. The highest BCUT2D eigenvalue weighted by atomic mass is 32.1. The zero-order valence-corrected chi connectivity index (χ0v) is 18.6. The molecule has 0 saturated heterocycles. The summed E-state index contributed by atoms with van der Waals surface area (Å²) in [6.45, 7) is 4.15. The Hall–Kier alpha value is -2.69. The van der Waals surface area contributed by atoms with Gasteiger partial charge in [-0.2, -0.15) is 5.26 Å². The number of hydrogen-bond acceptors (Lipinski definition) is 5. The number of nitriles is 1. The third-order valence-electron chi connectivity index (χ3n) is 5.49. The Kier molecular flexibility index (Phi) is 7.24. The maximum absolute atomic E-state index is 12.5. The van der Waals surface area contributed by atoms with E-state index in [0.717, 1.165) is 48.1 Å². The van der Waals surface area contributed by atoms with E-state index in [2.05, 4.69) is 16.7 Å². The van der Waals surface area contributed by atoms with Gasteiger partial charge in [0.25, 0.3) is 0 Å². The highest BCUT2D eigenvalue weighted by Crippen LogP contribution is 2.36. The third kappa shape index (κ3) is 5.26. The molecule has 2 amide bonds. The molecule has 0 bridgehead atoms. The fourth-order valence-electron chi connectivity index (χ4n) is 3.74. The van der Waals surface area contributed by atoms with Crippen LogP contribution in [0.4, 0.5) is 10.7 Å². The van der Waals surface area contributed by atoms with Gasteiger partial charge < -0.3 is 10.6 Å². The number of anilines is 2. The van der Waals surface area contributed by atoms with Crippen LogP contribution in [-0.2, 0) is 22.4 Å². The van der Waals surface area contributed by atoms with Crippen LogP contribution in [0.1, 0.15) is 46.4 Å². The monoisotopic (exact) mass is 424 g/mol. The lowest BCUT2D eigenvalue weighted by Crippen LogP contribution is -2.36. The molecule has 3 rings (SSSR count). The fraction of sp³-hybridized carbons (Fsp3) is 0.435. The maximum Gasteiger partial charge on any atom is 0.239 e. The minimum atomic E-state index is -0.218. The van der Waals surface area contributed by atoms with Crippen LogP contribution in [0.5, 0.6) is 0 Å². The SMILES string of the molecule is Cc1cccc(NC(=O)CN(C)CC(=O)Nc2sc3c(c2C#N)CCCCC3)c1C. The van der Waals surface area contributed by atoms with Crippen LogP contribution in [0.2, 0.25) is 0 Å². The van der Waals surface area contributed by atoms with E-state index in [-0.39, 0.29) is 24.9 Å². The number of nitrogens with one attached hydrogen (secondary N) is 2. The van der Waals surface area contributed by atoms with Gasteiger partial charge >= 0.3 is 0 Å². The lowest BCUT2D eigenvalue weighted by atomic mass is 10.1. The van der Waals surface area contributed by atoms with Crippen molar-refractivity contribution in [2.45, 2.75) is 46.0 Å². The van der Waals surface area contributed by atoms with Crippen LogP contribution in [0.3, 0.4) is 0 Å². The number of fused-ring (bicyclic) bond motifs is 1. The summed E-state index contributed by atoms with van der Waals surface area (Å²) in [7, 11) is 1.73. The Morgan fingerprint density at radius 3 is 2.53 bits per heavy atom. The first-order chi connectivity index (χ1) is 14.4. The molecule has 0 saturated carbocycles. The van der Waals surface area contributed by atoms with E-state index in [4.69, 9.17) is 0 Å². The van der Waals surface area contributed by atoms with Crippen molar-refractivity contribution in [1.29, 1.82) is 5.26 Å². The largest absolute Gasteiger partial charge is 0.325 e. The van der Waals surface area contributed by atoms with E-state index in [1.165, 1.54) is 22.6 Å². The number of nitrogens with zero attached hydrogens (tertiary/aromatic N) is 2. The molecule has 7 heteroatoms. The minimum absolute atomic E-state index is 0.0770. The lowest BCUT2D eigenvalue weighted by Gasteiger charge is -2.17. The molecular weight excluding hydrogens is 396 g/mol. The Morgan fingerprint density at radius 1 is 1.10 bits per heavy atom. The molecule has 0 fully saturated rings. The highest BCUT2D eigenvalue weighted by Gasteiger charge is 2.21. The summed E-state index contributed by atoms with van der Waals surface area (Å²) in [4.78, 5) is 27.8. The first-order valence-corrected chi connectivity index (χ1v) is 11.1. The van der Waals surface area contributed by atoms with E-state index >= 15 is 0 Å². The molecule has 0 radical (unpaired) electrons. The standard InChI is InChI=1S/C23H28N4O2S/c1-15-8-7-10-19(16(15)2)25-21(28)13-27(3)14-22(29)26-23-18(12-24)17-9-5-4-6-11-20(17)30-23/h7-8,10H,4-6,9,11,13-14H2,1-3H3,(H,25,28)(H,26,29). The van der Waals surface area contributed by atoms with Gasteiger partial charge in [0.1, 0.15) is 11.1 Å². The second-order valence-electron chi connectivity index (χ2n) is 7.90. The highest BCUT2D eigenvalue weighted by molar-refractivity contribution is 7.16. The van der Waals surface area contributed by atoms with Crippen LogP contribution >= 0.6 is 11.3 Å². The number of carbonyl (C=O) groups is 2. The second-order valence-corrected chi connectivity index (χ2v) is 9.00. The number of thiophene rings is 1. The number of benzene rings is 1. The number of likely N-dealkylation sites (N-methyl/N-ethyl adjacent to an activating group) is 1. The summed E-state index contributed by atoms with van der Waals surface area (Å²) in [6, 6.07) is 8.06. The van der Waals surface area contributed by atoms with Crippen molar-refractivity contribution in [3.05, 3.63) is 45.3 Å². The summed E-state index contributed by atoms with van der Waals surface area (Å²) in [5, 5.41) is 16.0. The van der Waals surface area contributed by atoms with Crippen molar-refractivity contribution in [3.63, 3.8) is 0 Å². The van der Waals surface area contributed by atoms with Crippen LogP contribution < -0.4 is 10.6 Å². The summed E-state index contributed by atoms with van der Waals surface area (Å²) >= 11 is 1.52. The summed E-state index contributed by atoms with van der Waals surface area (Å²) in [6.07, 6.45) is 5.28. The number of hydrogen-bond donors (Lipinski definition) is 2. The minimum Gasteiger partial charge on any atom is -0.325 e. The van der Waals surface area contributed by atoms with E-state index in [1.807, 2.05) is 32.0 Å². The number of carbonyl (C=O) groups excluding carboxylic acids is 2. The first kappa shape index (κ1) is 22.0. The summed E-state index contributed by atoms with van der Waals surface area (Å²) < 4.78 is 0. The Bertz CT molecular complexity index is 990. The van der Waals surface area contributed by atoms with Crippen LogP contribution in [0.25, 0.3) is 0 Å². The average Bonchev–Trinajstić information content (AvgIpc) is 2.84. The Morgan fingerprint density at radius 2 is 1.80 bits per heavy atom. The van der Waals surface area contributed by atoms with Crippen molar-refractivity contribution in [2.75, 3.05) is 30.8 Å². The van der Waals surface area contributed by atoms with Crippen molar-refractivity contribution in [2.24, 2.45) is 0 Å². The van der Waals surface area contributed by atoms with Gasteiger partial charge in [0, 0.05) is 10.6 Å². The van der Waals surface area contributed by atoms with Crippen LogP contribution in [0.15, 0.2) is 18.2 Å². The molecule has 30 heavy (non-hydrogen) atoms. The van der Waals surface area contributed by atoms with E-state index in [1.54, 1.807) is 11.9 Å². The molecule has 1 aliphatic carbocycles. The molecule has 2 N–H and O–H groups in total. The Balaban J connectivity index is 1.57. The number of aryl methyl sites for hydroxylation is 2. The second kappa shape index (κ2) is 9.88. The first-order valence-electron chi connectivity index (χ1n) is 10.3. The topological polar surface area (TPSA) is 85.2 Å². The Labute approximate surface area is 181 Å². The fourth-order valence-corrected chi connectivity index (χ4v) is 4.99.